The van der Waals surface area contributed by atoms with E-state index in [1.54, 1.807) is 19.1 Å². The smallest absolute Gasteiger partial charge is 0.252 e. The maximum Gasteiger partial charge on any atom is 0.252 e. The normalized spacial score (nSPS) is 14.5. The second kappa shape index (κ2) is 7.04. The van der Waals surface area contributed by atoms with Gasteiger partial charge in [-0.3, -0.25) is 4.79 Å². The molecule has 21 heavy (non-hydrogen) atoms. The molecule has 1 aromatic rings. The van der Waals surface area contributed by atoms with Crippen molar-refractivity contribution in [3.8, 4) is 0 Å². The summed E-state index contributed by atoms with van der Waals surface area (Å²) in [6.07, 6.45) is 1.35. The molecular weight excluding hydrogens is 290 g/mol. The zero-order valence-electron chi connectivity index (χ0n) is 12.7. The fourth-order valence-electron chi connectivity index (χ4n) is 2.07. The minimum Gasteiger partial charge on any atom is -0.388 e. The van der Waals surface area contributed by atoms with Gasteiger partial charge in [-0.15, -0.1) is 0 Å². The van der Waals surface area contributed by atoms with Crippen molar-refractivity contribution in [1.82, 2.24) is 5.32 Å². The number of amides is 1. The third-order valence-corrected chi connectivity index (χ3v) is 5.05. The van der Waals surface area contributed by atoms with E-state index in [1.165, 1.54) is 19.1 Å². The van der Waals surface area contributed by atoms with Crippen LogP contribution < -0.4 is 5.32 Å². The molecule has 1 rings (SSSR count). The van der Waals surface area contributed by atoms with Gasteiger partial charge in [0.05, 0.1) is 21.8 Å². The highest BCUT2D eigenvalue weighted by Crippen LogP contribution is 2.17. The molecule has 0 aromatic heterocycles. The fraction of sp³-hybridized carbons (Fsp3) is 0.533. The van der Waals surface area contributed by atoms with Crippen LogP contribution in [0.5, 0.6) is 0 Å². The maximum atomic E-state index is 12.2. The van der Waals surface area contributed by atoms with Crippen molar-refractivity contribution in [2.45, 2.75) is 44.1 Å². The third kappa shape index (κ3) is 4.82. The van der Waals surface area contributed by atoms with E-state index in [0.29, 0.717) is 6.42 Å². The zero-order valence-corrected chi connectivity index (χ0v) is 13.5. The van der Waals surface area contributed by atoms with Gasteiger partial charge in [0, 0.05) is 6.54 Å². The Balaban J connectivity index is 2.95. The van der Waals surface area contributed by atoms with Gasteiger partial charge in [0.1, 0.15) is 0 Å². The number of nitrogens with one attached hydrogen (secondary N) is 1. The van der Waals surface area contributed by atoms with Crippen molar-refractivity contribution in [3.63, 3.8) is 0 Å². The predicted molar refractivity (Wildman–Crippen MR) is 82.0 cm³/mol. The molecule has 0 heterocycles. The van der Waals surface area contributed by atoms with E-state index >= 15 is 0 Å². The van der Waals surface area contributed by atoms with Crippen molar-refractivity contribution >= 4 is 15.7 Å². The van der Waals surface area contributed by atoms with Gasteiger partial charge in [-0.25, -0.2) is 8.42 Å². The van der Waals surface area contributed by atoms with Crippen molar-refractivity contribution in [3.05, 3.63) is 29.8 Å². The molecule has 0 bridgehead atoms. The van der Waals surface area contributed by atoms with Gasteiger partial charge in [-0.05, 0) is 25.5 Å². The quantitative estimate of drug-likeness (QED) is 0.803. The number of sulfone groups is 1. The Hall–Kier alpha value is -1.40. The van der Waals surface area contributed by atoms with E-state index in [9.17, 15) is 18.3 Å². The molecule has 0 aliphatic heterocycles. The van der Waals surface area contributed by atoms with Gasteiger partial charge >= 0.3 is 0 Å². The number of carbonyl (C=O) groups is 1. The number of carbonyl (C=O) groups excluding carboxylic acids is 1. The molecule has 0 spiro atoms. The minimum atomic E-state index is -3.46. The Bertz CT molecular complexity index is 593. The van der Waals surface area contributed by atoms with Crippen molar-refractivity contribution < 1.29 is 18.3 Å². The van der Waals surface area contributed by atoms with Crippen LogP contribution in [0, 0.1) is 0 Å². The Morgan fingerprint density at radius 2 is 1.90 bits per heavy atom. The van der Waals surface area contributed by atoms with Gasteiger partial charge in [0.15, 0.2) is 9.84 Å². The molecule has 1 atom stereocenters. The standard InChI is InChI=1S/C15H23NO4S/c1-4-10-15(3,18)11-16-14(17)12-8-6-7-9-13(12)21(19,20)5-2/h6-9,18H,4-5,10-11H2,1-3H3,(H,16,17). The summed E-state index contributed by atoms with van der Waals surface area (Å²) in [6, 6.07) is 6.12. The molecule has 0 aliphatic carbocycles. The van der Waals surface area contributed by atoms with Crippen molar-refractivity contribution in [2.24, 2.45) is 0 Å². The zero-order chi connectivity index (χ0) is 16.1. The molecular formula is C15H23NO4S. The largest absolute Gasteiger partial charge is 0.388 e. The molecule has 0 radical (unpaired) electrons. The number of aliphatic hydroxyl groups is 1. The van der Waals surface area contributed by atoms with Gasteiger partial charge < -0.3 is 10.4 Å². The van der Waals surface area contributed by atoms with Crippen LogP contribution >= 0.6 is 0 Å². The summed E-state index contributed by atoms with van der Waals surface area (Å²) >= 11 is 0. The van der Waals surface area contributed by atoms with E-state index in [0.717, 1.165) is 6.42 Å². The molecule has 1 unspecified atom stereocenters. The molecule has 2 N–H and O–H groups in total. The van der Waals surface area contributed by atoms with Crippen molar-refractivity contribution in [1.29, 1.82) is 0 Å². The van der Waals surface area contributed by atoms with Crippen LogP contribution in [0.3, 0.4) is 0 Å². The summed E-state index contributed by atoms with van der Waals surface area (Å²) in [7, 11) is -3.46. The van der Waals surface area contributed by atoms with E-state index in [-0.39, 0.29) is 22.8 Å². The lowest BCUT2D eigenvalue weighted by Crippen LogP contribution is -2.40. The van der Waals surface area contributed by atoms with Crippen molar-refractivity contribution in [2.75, 3.05) is 12.3 Å². The second-order valence-corrected chi connectivity index (χ2v) is 7.58. The fourth-order valence-corrected chi connectivity index (χ4v) is 3.17. The first-order valence-electron chi connectivity index (χ1n) is 7.06. The number of benzene rings is 1. The Morgan fingerprint density at radius 3 is 2.48 bits per heavy atom. The summed E-state index contributed by atoms with van der Waals surface area (Å²) in [5.74, 6) is -0.552. The highest BCUT2D eigenvalue weighted by Gasteiger charge is 2.23. The van der Waals surface area contributed by atoms with Crippen LogP contribution in [-0.4, -0.2) is 37.3 Å². The molecule has 6 heteroatoms. The van der Waals surface area contributed by atoms with Gasteiger partial charge in [0.2, 0.25) is 0 Å². The summed E-state index contributed by atoms with van der Waals surface area (Å²) in [5.41, 5.74) is -0.880. The monoisotopic (exact) mass is 313 g/mol. The van der Waals surface area contributed by atoms with Crippen LogP contribution in [-0.2, 0) is 9.84 Å². The van der Waals surface area contributed by atoms with E-state index < -0.39 is 21.3 Å². The van der Waals surface area contributed by atoms with Crippen LogP contribution in [0.2, 0.25) is 0 Å². The minimum absolute atomic E-state index is 0.0279. The number of hydrogen-bond acceptors (Lipinski definition) is 4. The van der Waals surface area contributed by atoms with E-state index in [4.69, 9.17) is 0 Å². The lowest BCUT2D eigenvalue weighted by molar-refractivity contribution is 0.0469. The first-order valence-corrected chi connectivity index (χ1v) is 8.71. The maximum absolute atomic E-state index is 12.2. The SMILES string of the molecule is CCCC(C)(O)CNC(=O)c1ccccc1S(=O)(=O)CC. The van der Waals surface area contributed by atoms with E-state index in [1.807, 2.05) is 6.92 Å². The summed E-state index contributed by atoms with van der Waals surface area (Å²) in [6.45, 7) is 5.21. The highest BCUT2D eigenvalue weighted by molar-refractivity contribution is 7.91. The number of hydrogen-bond donors (Lipinski definition) is 2. The summed E-state index contributed by atoms with van der Waals surface area (Å²) in [5, 5.41) is 12.7. The Labute approximate surface area is 126 Å². The van der Waals surface area contributed by atoms with Gasteiger partial charge in [0.25, 0.3) is 5.91 Å². The third-order valence-electron chi connectivity index (χ3n) is 3.27. The van der Waals surface area contributed by atoms with Crippen LogP contribution in [0.15, 0.2) is 29.2 Å². The average molecular weight is 313 g/mol. The molecule has 0 saturated heterocycles. The van der Waals surface area contributed by atoms with Gasteiger partial charge in [-0.1, -0.05) is 32.4 Å². The molecule has 0 saturated carbocycles. The van der Waals surface area contributed by atoms with Gasteiger partial charge in [-0.2, -0.15) is 0 Å². The highest BCUT2D eigenvalue weighted by atomic mass is 32.2. The first-order chi connectivity index (χ1) is 9.73. The molecule has 0 fully saturated rings. The molecule has 5 nitrogen and oxygen atoms in total. The average Bonchev–Trinajstić information content (AvgIpc) is 2.45. The summed E-state index contributed by atoms with van der Waals surface area (Å²) < 4.78 is 24.0. The molecule has 0 aliphatic rings. The second-order valence-electron chi connectivity index (χ2n) is 5.33. The predicted octanol–water partition coefficient (Wildman–Crippen LogP) is 1.76. The molecule has 118 valence electrons. The first kappa shape index (κ1) is 17.7. The lowest BCUT2D eigenvalue weighted by atomic mass is 10.0. The topological polar surface area (TPSA) is 83.5 Å². The number of rotatable bonds is 7. The Morgan fingerprint density at radius 1 is 1.29 bits per heavy atom. The molecule has 1 aromatic carbocycles. The van der Waals surface area contributed by atoms with E-state index in [2.05, 4.69) is 5.32 Å². The van der Waals surface area contributed by atoms with Crippen LogP contribution in [0.4, 0.5) is 0 Å². The molecule has 1 amide bonds. The lowest BCUT2D eigenvalue weighted by Gasteiger charge is -2.23. The van der Waals surface area contributed by atoms with Crippen LogP contribution in [0.25, 0.3) is 0 Å². The Kier molecular flexibility index (Phi) is 5.92. The van der Waals surface area contributed by atoms with Crippen LogP contribution in [0.1, 0.15) is 44.0 Å². The summed E-state index contributed by atoms with van der Waals surface area (Å²) in [4.78, 5) is 12.2.